The minimum absolute atomic E-state index is 0.129. The van der Waals surface area contributed by atoms with Gasteiger partial charge in [0.2, 0.25) is 0 Å². The second-order valence-corrected chi connectivity index (χ2v) is 4.15. The summed E-state index contributed by atoms with van der Waals surface area (Å²) in [4.78, 5) is 10.8. The first-order valence-electron chi connectivity index (χ1n) is 5.54. The van der Waals surface area contributed by atoms with E-state index in [-0.39, 0.29) is 17.9 Å². The topological polar surface area (TPSA) is 80.9 Å². The van der Waals surface area contributed by atoms with Crippen LogP contribution in [-0.4, -0.2) is 31.3 Å². The van der Waals surface area contributed by atoms with Gasteiger partial charge in [-0.3, -0.25) is 4.79 Å². The van der Waals surface area contributed by atoms with Gasteiger partial charge in [-0.1, -0.05) is 6.92 Å². The Labute approximate surface area is 110 Å². The van der Waals surface area contributed by atoms with Crippen LogP contribution in [0.5, 0.6) is 0 Å². The number of carbonyl (C=O) groups is 1. The van der Waals surface area contributed by atoms with Gasteiger partial charge in [-0.05, 0) is 22.6 Å². The molecule has 0 aliphatic rings. The van der Waals surface area contributed by atoms with E-state index in [1.165, 1.54) is 6.92 Å². The number of aromatic nitrogens is 4. The number of carboxylic acid groups (broad SMARTS) is 1. The van der Waals surface area contributed by atoms with Crippen molar-refractivity contribution in [3.8, 4) is 11.4 Å². The summed E-state index contributed by atoms with van der Waals surface area (Å²) in [5.41, 5.74) is -0.341. The largest absolute Gasteiger partial charge is 0.481 e. The number of rotatable bonds is 4. The molecule has 1 unspecified atom stereocenters. The first-order chi connectivity index (χ1) is 9.41. The summed E-state index contributed by atoms with van der Waals surface area (Å²) >= 11 is 0. The SMILES string of the molecule is CC(Cn1nnnc1-c1ccc(F)c(F)c1F)C(=O)O. The van der Waals surface area contributed by atoms with Crippen molar-refractivity contribution in [2.45, 2.75) is 13.5 Å². The number of tetrazole rings is 1. The Kier molecular flexibility index (Phi) is 3.68. The van der Waals surface area contributed by atoms with Gasteiger partial charge in [-0.2, -0.15) is 0 Å². The van der Waals surface area contributed by atoms with Crippen LogP contribution in [0.25, 0.3) is 11.4 Å². The summed E-state index contributed by atoms with van der Waals surface area (Å²) in [7, 11) is 0. The van der Waals surface area contributed by atoms with Crippen LogP contribution in [0.3, 0.4) is 0 Å². The third-order valence-corrected chi connectivity index (χ3v) is 2.68. The van der Waals surface area contributed by atoms with E-state index in [2.05, 4.69) is 15.5 Å². The third-order valence-electron chi connectivity index (χ3n) is 2.68. The maximum Gasteiger partial charge on any atom is 0.308 e. The number of carboxylic acids is 1. The lowest BCUT2D eigenvalue weighted by Gasteiger charge is -2.08. The summed E-state index contributed by atoms with van der Waals surface area (Å²) in [6, 6.07) is 1.73. The number of halogens is 3. The molecule has 1 aromatic carbocycles. The first kappa shape index (κ1) is 14.0. The molecule has 0 amide bonds. The minimum Gasteiger partial charge on any atom is -0.481 e. The van der Waals surface area contributed by atoms with Gasteiger partial charge in [0.25, 0.3) is 0 Å². The van der Waals surface area contributed by atoms with E-state index in [1.807, 2.05) is 0 Å². The van der Waals surface area contributed by atoms with Crippen molar-refractivity contribution in [1.82, 2.24) is 20.2 Å². The monoisotopic (exact) mass is 286 g/mol. The molecule has 1 N–H and O–H groups in total. The zero-order valence-corrected chi connectivity index (χ0v) is 10.2. The summed E-state index contributed by atoms with van der Waals surface area (Å²) in [5, 5.41) is 19.1. The maximum absolute atomic E-state index is 13.7. The van der Waals surface area contributed by atoms with Crippen molar-refractivity contribution in [2.75, 3.05) is 0 Å². The highest BCUT2D eigenvalue weighted by Crippen LogP contribution is 2.24. The second-order valence-electron chi connectivity index (χ2n) is 4.15. The van der Waals surface area contributed by atoms with Gasteiger partial charge in [0.15, 0.2) is 23.3 Å². The van der Waals surface area contributed by atoms with Gasteiger partial charge in [-0.15, -0.1) is 5.10 Å². The molecule has 0 aliphatic carbocycles. The highest BCUT2D eigenvalue weighted by atomic mass is 19.2. The number of hydrogen-bond donors (Lipinski definition) is 1. The number of hydrogen-bond acceptors (Lipinski definition) is 4. The van der Waals surface area contributed by atoms with Gasteiger partial charge >= 0.3 is 5.97 Å². The quantitative estimate of drug-likeness (QED) is 0.861. The van der Waals surface area contributed by atoms with Crippen molar-refractivity contribution in [1.29, 1.82) is 0 Å². The van der Waals surface area contributed by atoms with Gasteiger partial charge in [0, 0.05) is 0 Å². The van der Waals surface area contributed by atoms with E-state index in [4.69, 9.17) is 5.11 Å². The molecule has 1 aromatic heterocycles. The number of nitrogens with zero attached hydrogens (tertiary/aromatic N) is 4. The van der Waals surface area contributed by atoms with Crippen LogP contribution in [0, 0.1) is 23.4 Å². The fraction of sp³-hybridized carbons (Fsp3) is 0.273. The lowest BCUT2D eigenvalue weighted by atomic mass is 10.1. The van der Waals surface area contributed by atoms with Crippen molar-refractivity contribution >= 4 is 5.97 Å². The van der Waals surface area contributed by atoms with E-state index in [0.717, 1.165) is 16.8 Å². The van der Waals surface area contributed by atoms with Gasteiger partial charge in [-0.25, -0.2) is 17.9 Å². The molecule has 9 heteroatoms. The van der Waals surface area contributed by atoms with Gasteiger partial charge in [0.1, 0.15) is 0 Å². The molecule has 106 valence electrons. The lowest BCUT2D eigenvalue weighted by Crippen LogP contribution is -2.18. The predicted octanol–water partition coefficient (Wildman–Crippen LogP) is 1.48. The first-order valence-corrected chi connectivity index (χ1v) is 5.54. The average molecular weight is 286 g/mol. The van der Waals surface area contributed by atoms with Gasteiger partial charge in [0.05, 0.1) is 18.0 Å². The Morgan fingerprint density at radius 3 is 2.70 bits per heavy atom. The van der Waals surface area contributed by atoms with Crippen molar-refractivity contribution in [3.05, 3.63) is 29.6 Å². The van der Waals surface area contributed by atoms with Crippen LogP contribution in [0.15, 0.2) is 12.1 Å². The Hall–Kier alpha value is -2.45. The van der Waals surface area contributed by atoms with Crippen molar-refractivity contribution in [3.63, 3.8) is 0 Å². The number of aliphatic carboxylic acids is 1. The Morgan fingerprint density at radius 2 is 2.05 bits per heavy atom. The van der Waals surface area contributed by atoms with Crippen LogP contribution >= 0.6 is 0 Å². The summed E-state index contributed by atoms with van der Waals surface area (Å²) in [5.74, 6) is -6.48. The lowest BCUT2D eigenvalue weighted by molar-refractivity contribution is -0.141. The summed E-state index contributed by atoms with van der Waals surface area (Å²) in [6.45, 7) is 1.28. The fourth-order valence-corrected chi connectivity index (χ4v) is 1.56. The Morgan fingerprint density at radius 1 is 1.35 bits per heavy atom. The summed E-state index contributed by atoms with van der Waals surface area (Å²) in [6.07, 6.45) is 0. The Bertz CT molecular complexity index is 659. The van der Waals surface area contributed by atoms with Crippen molar-refractivity contribution in [2.24, 2.45) is 5.92 Å². The third kappa shape index (κ3) is 2.46. The smallest absolute Gasteiger partial charge is 0.308 e. The molecule has 0 saturated carbocycles. The molecule has 0 spiro atoms. The Balaban J connectivity index is 2.43. The van der Waals surface area contributed by atoms with E-state index in [1.54, 1.807) is 0 Å². The zero-order valence-electron chi connectivity index (χ0n) is 10.2. The minimum atomic E-state index is -1.64. The molecular formula is C11H9F3N4O2. The fourth-order valence-electron chi connectivity index (χ4n) is 1.56. The zero-order chi connectivity index (χ0) is 14.9. The molecule has 20 heavy (non-hydrogen) atoms. The summed E-state index contributed by atoms with van der Waals surface area (Å²) < 4.78 is 40.7. The van der Waals surface area contributed by atoms with E-state index in [9.17, 15) is 18.0 Å². The molecule has 1 atom stereocenters. The molecule has 0 aliphatic heterocycles. The normalized spacial score (nSPS) is 12.4. The van der Waals surface area contributed by atoms with Crippen molar-refractivity contribution < 1.29 is 23.1 Å². The molecule has 2 aromatic rings. The van der Waals surface area contributed by atoms with Crippen LogP contribution < -0.4 is 0 Å². The van der Waals surface area contributed by atoms with Crippen LogP contribution in [0.2, 0.25) is 0 Å². The second kappa shape index (κ2) is 5.27. The molecule has 0 bridgehead atoms. The maximum atomic E-state index is 13.7. The molecule has 2 rings (SSSR count). The predicted molar refractivity (Wildman–Crippen MR) is 59.9 cm³/mol. The van der Waals surface area contributed by atoms with E-state index >= 15 is 0 Å². The molecule has 0 fully saturated rings. The highest BCUT2D eigenvalue weighted by molar-refractivity contribution is 5.69. The molecular weight excluding hydrogens is 277 g/mol. The van der Waals surface area contributed by atoms with Gasteiger partial charge < -0.3 is 5.11 Å². The average Bonchev–Trinajstić information content (AvgIpc) is 2.84. The molecule has 1 heterocycles. The van der Waals surface area contributed by atoms with Crippen LogP contribution in [-0.2, 0) is 11.3 Å². The van der Waals surface area contributed by atoms with E-state index < -0.39 is 29.3 Å². The highest BCUT2D eigenvalue weighted by Gasteiger charge is 2.21. The molecule has 6 nitrogen and oxygen atoms in total. The number of benzene rings is 1. The molecule has 0 radical (unpaired) electrons. The molecule has 0 saturated heterocycles. The van der Waals surface area contributed by atoms with E-state index in [0.29, 0.717) is 0 Å². The van der Waals surface area contributed by atoms with Crippen LogP contribution in [0.1, 0.15) is 6.92 Å². The van der Waals surface area contributed by atoms with Crippen LogP contribution in [0.4, 0.5) is 13.2 Å². The standard InChI is InChI=1S/C11H9F3N4O2/c1-5(11(19)20)4-18-10(15-16-17-18)6-2-3-7(12)9(14)8(6)13/h2-3,5H,4H2,1H3,(H,19,20).